The first kappa shape index (κ1) is 12.1. The maximum Gasteiger partial charge on any atom is 0.133 e. The summed E-state index contributed by atoms with van der Waals surface area (Å²) in [5.74, 6) is 0.692. The molecule has 0 aromatic heterocycles. The molecule has 2 aliphatic heterocycles. The maximum atomic E-state index is 11.3. The van der Waals surface area contributed by atoms with E-state index in [1.807, 2.05) is 0 Å². The zero-order valence-electron chi connectivity index (χ0n) is 10.3. The molecule has 2 rings (SSSR count). The SMILES string of the molecule is CC(=O)C1CCN(CC2CCCCO2)CC1. The van der Waals surface area contributed by atoms with E-state index in [9.17, 15) is 4.79 Å². The fraction of sp³-hybridized carbons (Fsp3) is 0.923. The van der Waals surface area contributed by atoms with Gasteiger partial charge in [-0.05, 0) is 52.1 Å². The maximum absolute atomic E-state index is 11.3. The summed E-state index contributed by atoms with van der Waals surface area (Å²) in [4.78, 5) is 13.7. The van der Waals surface area contributed by atoms with Crippen molar-refractivity contribution in [1.82, 2.24) is 4.90 Å². The predicted molar refractivity (Wildman–Crippen MR) is 63.4 cm³/mol. The highest BCUT2D eigenvalue weighted by molar-refractivity contribution is 5.78. The van der Waals surface area contributed by atoms with Gasteiger partial charge in [0.2, 0.25) is 0 Å². The van der Waals surface area contributed by atoms with Crippen LogP contribution in [0.15, 0.2) is 0 Å². The third-order valence-corrected chi connectivity index (χ3v) is 3.90. The van der Waals surface area contributed by atoms with Crippen molar-refractivity contribution in [1.29, 1.82) is 0 Å². The van der Waals surface area contributed by atoms with Gasteiger partial charge in [-0.3, -0.25) is 4.79 Å². The highest BCUT2D eigenvalue weighted by atomic mass is 16.5. The molecule has 0 saturated carbocycles. The largest absolute Gasteiger partial charge is 0.377 e. The van der Waals surface area contributed by atoms with Crippen LogP contribution < -0.4 is 0 Å². The zero-order chi connectivity index (χ0) is 11.4. The van der Waals surface area contributed by atoms with Crippen LogP contribution in [0.5, 0.6) is 0 Å². The molecule has 0 aliphatic carbocycles. The molecule has 16 heavy (non-hydrogen) atoms. The van der Waals surface area contributed by atoms with E-state index in [1.165, 1.54) is 19.3 Å². The summed E-state index contributed by atoms with van der Waals surface area (Å²) < 4.78 is 5.75. The molecule has 2 aliphatic rings. The lowest BCUT2D eigenvalue weighted by Crippen LogP contribution is -2.41. The van der Waals surface area contributed by atoms with Crippen molar-refractivity contribution in [3.8, 4) is 0 Å². The van der Waals surface area contributed by atoms with E-state index in [4.69, 9.17) is 4.74 Å². The minimum atomic E-state index is 0.323. The second-order valence-electron chi connectivity index (χ2n) is 5.17. The first-order valence-corrected chi connectivity index (χ1v) is 6.60. The van der Waals surface area contributed by atoms with E-state index in [1.54, 1.807) is 6.92 Å². The number of hydrogen-bond acceptors (Lipinski definition) is 3. The van der Waals surface area contributed by atoms with Gasteiger partial charge in [0.1, 0.15) is 5.78 Å². The Hall–Kier alpha value is -0.410. The zero-order valence-corrected chi connectivity index (χ0v) is 10.3. The van der Waals surface area contributed by atoms with Crippen molar-refractivity contribution in [2.45, 2.75) is 45.1 Å². The van der Waals surface area contributed by atoms with Gasteiger partial charge in [0.15, 0.2) is 0 Å². The molecule has 0 spiro atoms. The third kappa shape index (κ3) is 3.29. The number of carbonyl (C=O) groups is 1. The van der Waals surface area contributed by atoms with Gasteiger partial charge in [0.25, 0.3) is 0 Å². The number of nitrogens with zero attached hydrogens (tertiary/aromatic N) is 1. The minimum absolute atomic E-state index is 0.323. The van der Waals surface area contributed by atoms with Gasteiger partial charge in [-0.1, -0.05) is 0 Å². The number of rotatable bonds is 3. The molecule has 92 valence electrons. The Balaban J connectivity index is 1.70. The standard InChI is InChI=1S/C13H23NO2/c1-11(15)12-5-7-14(8-6-12)10-13-4-2-3-9-16-13/h12-13H,2-10H2,1H3. The third-order valence-electron chi connectivity index (χ3n) is 3.90. The number of hydrogen-bond donors (Lipinski definition) is 0. The molecule has 2 saturated heterocycles. The molecule has 2 fully saturated rings. The van der Waals surface area contributed by atoms with Crippen molar-refractivity contribution in [2.75, 3.05) is 26.2 Å². The molecule has 0 aromatic rings. The van der Waals surface area contributed by atoms with Gasteiger partial charge in [0, 0.05) is 19.1 Å². The number of ketones is 1. The molecule has 0 radical (unpaired) electrons. The Morgan fingerprint density at radius 1 is 1.25 bits per heavy atom. The highest BCUT2D eigenvalue weighted by Crippen LogP contribution is 2.20. The molecule has 1 unspecified atom stereocenters. The van der Waals surface area contributed by atoms with E-state index in [-0.39, 0.29) is 0 Å². The van der Waals surface area contributed by atoms with Crippen LogP contribution in [0.2, 0.25) is 0 Å². The van der Waals surface area contributed by atoms with Gasteiger partial charge >= 0.3 is 0 Å². The first-order valence-electron chi connectivity index (χ1n) is 6.60. The number of Topliss-reactive ketones (excluding diaryl/α,β-unsaturated/α-hetero) is 1. The molecule has 0 N–H and O–H groups in total. The van der Waals surface area contributed by atoms with Crippen molar-refractivity contribution in [3.63, 3.8) is 0 Å². The summed E-state index contributed by atoms with van der Waals surface area (Å²) in [6.45, 7) is 5.89. The Labute approximate surface area is 98.1 Å². The Bertz CT molecular complexity index is 228. The molecule has 0 amide bonds. The van der Waals surface area contributed by atoms with Crippen LogP contribution in [0.4, 0.5) is 0 Å². The molecule has 0 aromatic carbocycles. The van der Waals surface area contributed by atoms with Crippen LogP contribution in [-0.4, -0.2) is 43.0 Å². The van der Waals surface area contributed by atoms with Crippen molar-refractivity contribution < 1.29 is 9.53 Å². The van der Waals surface area contributed by atoms with Crippen molar-refractivity contribution in [2.24, 2.45) is 5.92 Å². The lowest BCUT2D eigenvalue weighted by molar-refractivity contribution is -0.122. The predicted octanol–water partition coefficient (Wildman–Crippen LogP) is 1.86. The summed E-state index contributed by atoms with van der Waals surface area (Å²) in [7, 11) is 0. The molecule has 2 heterocycles. The van der Waals surface area contributed by atoms with E-state index < -0.39 is 0 Å². The second kappa shape index (κ2) is 5.78. The summed E-state index contributed by atoms with van der Waals surface area (Å²) in [5, 5.41) is 0. The van der Waals surface area contributed by atoms with Crippen LogP contribution in [0.1, 0.15) is 39.0 Å². The normalized spacial score (nSPS) is 29.2. The van der Waals surface area contributed by atoms with Crippen molar-refractivity contribution in [3.05, 3.63) is 0 Å². The number of likely N-dealkylation sites (tertiary alicyclic amines) is 1. The molecular formula is C13H23NO2. The topological polar surface area (TPSA) is 29.5 Å². The van der Waals surface area contributed by atoms with E-state index in [0.717, 1.165) is 39.1 Å². The summed E-state index contributed by atoms with van der Waals surface area (Å²) in [6.07, 6.45) is 6.29. The van der Waals surface area contributed by atoms with E-state index in [2.05, 4.69) is 4.90 Å². The van der Waals surface area contributed by atoms with E-state index in [0.29, 0.717) is 17.8 Å². The fourth-order valence-electron chi connectivity index (χ4n) is 2.76. The Morgan fingerprint density at radius 3 is 2.56 bits per heavy atom. The first-order chi connectivity index (χ1) is 7.75. The summed E-state index contributed by atoms with van der Waals surface area (Å²) in [6, 6.07) is 0. The molecule has 1 atom stereocenters. The van der Waals surface area contributed by atoms with Gasteiger partial charge < -0.3 is 9.64 Å². The van der Waals surface area contributed by atoms with Crippen LogP contribution >= 0.6 is 0 Å². The minimum Gasteiger partial charge on any atom is -0.377 e. The highest BCUT2D eigenvalue weighted by Gasteiger charge is 2.24. The van der Waals surface area contributed by atoms with Gasteiger partial charge in [0.05, 0.1) is 6.10 Å². The molecule has 3 nitrogen and oxygen atoms in total. The smallest absolute Gasteiger partial charge is 0.133 e. The summed E-state index contributed by atoms with van der Waals surface area (Å²) in [5.41, 5.74) is 0. The van der Waals surface area contributed by atoms with Crippen LogP contribution in [0.25, 0.3) is 0 Å². The Kier molecular flexibility index (Phi) is 4.36. The number of ether oxygens (including phenoxy) is 1. The summed E-state index contributed by atoms with van der Waals surface area (Å²) >= 11 is 0. The van der Waals surface area contributed by atoms with Crippen LogP contribution in [-0.2, 0) is 9.53 Å². The van der Waals surface area contributed by atoms with Crippen LogP contribution in [0.3, 0.4) is 0 Å². The van der Waals surface area contributed by atoms with Crippen molar-refractivity contribution >= 4 is 5.78 Å². The molecular weight excluding hydrogens is 202 g/mol. The van der Waals surface area contributed by atoms with Gasteiger partial charge in [-0.25, -0.2) is 0 Å². The monoisotopic (exact) mass is 225 g/mol. The molecule has 0 bridgehead atoms. The average Bonchev–Trinajstić information content (AvgIpc) is 2.31. The lowest BCUT2D eigenvalue weighted by atomic mass is 9.93. The van der Waals surface area contributed by atoms with Gasteiger partial charge in [-0.2, -0.15) is 0 Å². The average molecular weight is 225 g/mol. The molecule has 3 heteroatoms. The van der Waals surface area contributed by atoms with E-state index >= 15 is 0 Å². The Morgan fingerprint density at radius 2 is 2.00 bits per heavy atom. The quantitative estimate of drug-likeness (QED) is 0.734. The number of carbonyl (C=O) groups excluding carboxylic acids is 1. The fourth-order valence-corrected chi connectivity index (χ4v) is 2.76. The van der Waals surface area contributed by atoms with Gasteiger partial charge in [-0.15, -0.1) is 0 Å². The van der Waals surface area contributed by atoms with Crippen LogP contribution in [0, 0.1) is 5.92 Å². The lowest BCUT2D eigenvalue weighted by Gasteiger charge is -2.34. The number of piperidine rings is 1. The second-order valence-corrected chi connectivity index (χ2v) is 5.17.